The number of esters is 3. The van der Waals surface area contributed by atoms with E-state index in [-0.39, 0.29) is 31.1 Å². The third-order valence-electron chi connectivity index (χ3n) is 16.1. The number of hydrogen-bond donors (Lipinski definition) is 0. The second kappa shape index (κ2) is 64.9. The van der Waals surface area contributed by atoms with Crippen LogP contribution < -0.4 is 0 Å². The van der Waals surface area contributed by atoms with Crippen molar-refractivity contribution in [3.63, 3.8) is 0 Å². The van der Waals surface area contributed by atoms with E-state index in [1.54, 1.807) is 0 Å². The lowest BCUT2D eigenvalue weighted by Gasteiger charge is -2.18. The fraction of sp³-hybridized carbons (Fsp3) is 0.957. The van der Waals surface area contributed by atoms with Crippen molar-refractivity contribution in [2.45, 2.75) is 412 Å². The molecule has 0 saturated carbocycles. The lowest BCUT2D eigenvalue weighted by atomic mass is 10.0. The second-order valence-corrected chi connectivity index (χ2v) is 23.8. The third kappa shape index (κ3) is 63.1. The van der Waals surface area contributed by atoms with E-state index in [1.807, 2.05) is 0 Å². The first-order chi connectivity index (χ1) is 37.0. The molecule has 0 aliphatic heterocycles. The molecular formula is C69H134O6. The van der Waals surface area contributed by atoms with Crippen molar-refractivity contribution < 1.29 is 28.6 Å². The molecular weight excluding hydrogens is 925 g/mol. The molecule has 0 saturated heterocycles. The molecule has 0 aromatic heterocycles. The summed E-state index contributed by atoms with van der Waals surface area (Å²) >= 11 is 0. The molecule has 446 valence electrons. The van der Waals surface area contributed by atoms with Crippen LogP contribution in [0, 0.1) is 0 Å². The molecule has 1 atom stereocenters. The van der Waals surface area contributed by atoms with Crippen LogP contribution in [0.4, 0.5) is 0 Å². The Hall–Kier alpha value is -1.59. The Labute approximate surface area is 469 Å². The first-order valence-electron chi connectivity index (χ1n) is 34.5. The first-order valence-corrected chi connectivity index (χ1v) is 34.5. The van der Waals surface area contributed by atoms with Crippen LogP contribution in [-0.4, -0.2) is 37.2 Å². The Morgan fingerprint density at radius 1 is 0.213 bits per heavy atom. The van der Waals surface area contributed by atoms with E-state index in [4.69, 9.17) is 14.2 Å². The van der Waals surface area contributed by atoms with Gasteiger partial charge in [-0.2, -0.15) is 0 Å². The zero-order valence-corrected chi connectivity index (χ0v) is 51.4. The smallest absolute Gasteiger partial charge is 0.306 e. The summed E-state index contributed by atoms with van der Waals surface area (Å²) < 4.78 is 17.0. The van der Waals surface area contributed by atoms with Crippen molar-refractivity contribution in [1.82, 2.24) is 0 Å². The van der Waals surface area contributed by atoms with Crippen molar-refractivity contribution in [1.29, 1.82) is 0 Å². The highest BCUT2D eigenvalue weighted by Crippen LogP contribution is 2.19. The van der Waals surface area contributed by atoms with E-state index in [0.29, 0.717) is 19.3 Å². The Balaban J connectivity index is 4.20. The maximum Gasteiger partial charge on any atom is 0.306 e. The van der Waals surface area contributed by atoms with Gasteiger partial charge in [-0.15, -0.1) is 0 Å². The van der Waals surface area contributed by atoms with Crippen molar-refractivity contribution >= 4 is 17.9 Å². The van der Waals surface area contributed by atoms with Crippen LogP contribution in [-0.2, 0) is 28.6 Å². The van der Waals surface area contributed by atoms with Gasteiger partial charge < -0.3 is 14.2 Å². The molecule has 0 aliphatic carbocycles. The number of ether oxygens (including phenoxy) is 3. The molecule has 6 heteroatoms. The normalized spacial score (nSPS) is 11.9. The molecule has 0 aliphatic rings. The standard InChI is InChI=1S/C69H134O6/c1-4-7-10-13-16-19-22-25-28-30-32-33-34-35-36-37-38-40-41-44-47-50-53-56-59-62-68(71)74-65-66(64-73-67(70)61-58-55-52-49-46-43-27-24-21-18-15-12-9-6-3)75-69(72)63-60-57-54-51-48-45-42-39-31-29-26-23-20-17-14-11-8-5-2/h66H,4-65H2,1-3H3. The van der Waals surface area contributed by atoms with Crippen LogP contribution in [0.15, 0.2) is 0 Å². The maximum absolute atomic E-state index is 12.9. The van der Waals surface area contributed by atoms with Gasteiger partial charge in [-0.25, -0.2) is 0 Å². The number of carbonyl (C=O) groups is 3. The summed E-state index contributed by atoms with van der Waals surface area (Å²) in [6.45, 7) is 6.74. The molecule has 0 rings (SSSR count). The summed E-state index contributed by atoms with van der Waals surface area (Å²) in [5, 5.41) is 0. The minimum absolute atomic E-state index is 0.0602. The van der Waals surface area contributed by atoms with Gasteiger partial charge in [0.2, 0.25) is 0 Å². The molecule has 6 nitrogen and oxygen atoms in total. The van der Waals surface area contributed by atoms with E-state index >= 15 is 0 Å². The van der Waals surface area contributed by atoms with Crippen molar-refractivity contribution in [2.75, 3.05) is 13.2 Å². The van der Waals surface area contributed by atoms with Crippen molar-refractivity contribution in [3.8, 4) is 0 Å². The molecule has 0 amide bonds. The predicted octanol–water partition coefficient (Wildman–Crippen LogP) is 23.5. The molecule has 0 N–H and O–H groups in total. The van der Waals surface area contributed by atoms with Crippen molar-refractivity contribution in [3.05, 3.63) is 0 Å². The Morgan fingerprint density at radius 2 is 0.360 bits per heavy atom. The van der Waals surface area contributed by atoms with Gasteiger partial charge in [-0.3, -0.25) is 14.4 Å². The monoisotopic (exact) mass is 1060 g/mol. The van der Waals surface area contributed by atoms with Crippen LogP contribution >= 0.6 is 0 Å². The fourth-order valence-electron chi connectivity index (χ4n) is 10.9. The summed E-state index contributed by atoms with van der Waals surface area (Å²) in [5.41, 5.74) is 0. The highest BCUT2D eigenvalue weighted by atomic mass is 16.6. The maximum atomic E-state index is 12.9. The zero-order valence-electron chi connectivity index (χ0n) is 51.4. The summed E-state index contributed by atoms with van der Waals surface area (Å²) in [6, 6.07) is 0. The van der Waals surface area contributed by atoms with E-state index in [2.05, 4.69) is 20.8 Å². The average molecular weight is 1060 g/mol. The predicted molar refractivity (Wildman–Crippen MR) is 326 cm³/mol. The van der Waals surface area contributed by atoms with Gasteiger partial charge in [0, 0.05) is 19.3 Å². The Morgan fingerprint density at radius 3 is 0.533 bits per heavy atom. The highest BCUT2D eigenvalue weighted by Gasteiger charge is 2.19. The molecule has 0 heterocycles. The van der Waals surface area contributed by atoms with Crippen LogP contribution in [0.1, 0.15) is 406 Å². The van der Waals surface area contributed by atoms with Gasteiger partial charge in [0.25, 0.3) is 0 Å². The SMILES string of the molecule is CCCCCCCCCCCCCCCCCCCCCCCCCCCC(=O)OCC(COC(=O)CCCCCCCCCCCCCCCC)OC(=O)CCCCCCCCCCCCCCCCCCCC. The van der Waals surface area contributed by atoms with Gasteiger partial charge in [0.05, 0.1) is 0 Å². The molecule has 0 aromatic rings. The summed E-state index contributed by atoms with van der Waals surface area (Å²) in [6.07, 6.45) is 75.6. The molecule has 0 aromatic carbocycles. The van der Waals surface area contributed by atoms with Gasteiger partial charge in [0.1, 0.15) is 13.2 Å². The van der Waals surface area contributed by atoms with Crippen LogP contribution in [0.3, 0.4) is 0 Å². The van der Waals surface area contributed by atoms with Gasteiger partial charge in [-0.1, -0.05) is 367 Å². The number of unbranched alkanes of at least 4 members (excludes halogenated alkanes) is 54. The van der Waals surface area contributed by atoms with Gasteiger partial charge >= 0.3 is 17.9 Å². The molecule has 0 bridgehead atoms. The van der Waals surface area contributed by atoms with E-state index in [0.717, 1.165) is 57.8 Å². The Bertz CT molecular complexity index is 1120. The van der Waals surface area contributed by atoms with Crippen LogP contribution in [0.2, 0.25) is 0 Å². The Kier molecular flexibility index (Phi) is 63.6. The summed E-state index contributed by atoms with van der Waals surface area (Å²) in [7, 11) is 0. The average Bonchev–Trinajstić information content (AvgIpc) is 3.41. The zero-order chi connectivity index (χ0) is 54.3. The molecule has 0 spiro atoms. The van der Waals surface area contributed by atoms with Crippen molar-refractivity contribution in [2.24, 2.45) is 0 Å². The van der Waals surface area contributed by atoms with E-state index < -0.39 is 6.10 Å². The quantitative estimate of drug-likeness (QED) is 0.0343. The highest BCUT2D eigenvalue weighted by molar-refractivity contribution is 5.71. The molecule has 1 unspecified atom stereocenters. The minimum atomic E-state index is -0.763. The summed E-state index contributed by atoms with van der Waals surface area (Å²) in [5.74, 6) is -0.821. The molecule has 0 fully saturated rings. The lowest BCUT2D eigenvalue weighted by molar-refractivity contribution is -0.167. The molecule has 75 heavy (non-hydrogen) atoms. The van der Waals surface area contributed by atoms with Gasteiger partial charge in [0.15, 0.2) is 6.10 Å². The fourth-order valence-corrected chi connectivity index (χ4v) is 10.9. The van der Waals surface area contributed by atoms with Crippen LogP contribution in [0.5, 0.6) is 0 Å². The van der Waals surface area contributed by atoms with Crippen LogP contribution in [0.25, 0.3) is 0 Å². The number of carbonyl (C=O) groups excluding carboxylic acids is 3. The van der Waals surface area contributed by atoms with E-state index in [9.17, 15) is 14.4 Å². The first kappa shape index (κ1) is 73.4. The summed E-state index contributed by atoms with van der Waals surface area (Å²) in [4.78, 5) is 38.4. The van der Waals surface area contributed by atoms with E-state index in [1.165, 1.54) is 308 Å². The molecule has 0 radical (unpaired) electrons. The van der Waals surface area contributed by atoms with Gasteiger partial charge in [-0.05, 0) is 19.3 Å². The topological polar surface area (TPSA) is 78.9 Å². The largest absolute Gasteiger partial charge is 0.462 e. The second-order valence-electron chi connectivity index (χ2n) is 23.8. The number of rotatable bonds is 65. The minimum Gasteiger partial charge on any atom is -0.462 e. The third-order valence-corrected chi connectivity index (χ3v) is 16.1. The number of hydrogen-bond acceptors (Lipinski definition) is 6. The lowest BCUT2D eigenvalue weighted by Crippen LogP contribution is -2.30.